The average Bonchev–Trinajstić information content (AvgIpc) is 3.35. The van der Waals surface area contributed by atoms with Crippen LogP contribution < -0.4 is 20.5 Å². The SMILES string of the molecule is COC(=O)NC1CCN(C(=O)c2nc(-c3ccc(OC(F)F)c(OCC4CC4)c3)oc2[C@H](C)N)C1. The molecule has 3 N–H and O–H groups in total. The van der Waals surface area contributed by atoms with Crippen LogP contribution in [0.3, 0.4) is 0 Å². The highest BCUT2D eigenvalue weighted by molar-refractivity contribution is 5.94. The lowest BCUT2D eigenvalue weighted by Gasteiger charge is -2.16. The van der Waals surface area contributed by atoms with Crippen LogP contribution in [-0.2, 0) is 4.74 Å². The summed E-state index contributed by atoms with van der Waals surface area (Å²) in [6, 6.07) is 3.47. The summed E-state index contributed by atoms with van der Waals surface area (Å²) in [7, 11) is 1.27. The van der Waals surface area contributed by atoms with Crippen LogP contribution in [0.5, 0.6) is 11.5 Å². The van der Waals surface area contributed by atoms with E-state index in [9.17, 15) is 18.4 Å². The van der Waals surface area contributed by atoms with E-state index in [1.165, 1.54) is 25.3 Å². The molecule has 2 heterocycles. The molecule has 4 rings (SSSR count). The summed E-state index contributed by atoms with van der Waals surface area (Å²) in [5.74, 6) is 0.350. The Labute approximate surface area is 200 Å². The van der Waals surface area contributed by atoms with E-state index in [1.54, 1.807) is 11.8 Å². The summed E-state index contributed by atoms with van der Waals surface area (Å²) in [4.78, 5) is 30.6. The normalized spacial score (nSPS) is 18.5. The molecule has 1 saturated carbocycles. The smallest absolute Gasteiger partial charge is 0.407 e. The number of aromatic nitrogens is 1. The van der Waals surface area contributed by atoms with Gasteiger partial charge in [0, 0.05) is 18.7 Å². The number of nitrogens with one attached hydrogen (secondary N) is 1. The molecule has 2 aliphatic rings. The number of amides is 2. The molecule has 2 aromatic rings. The minimum atomic E-state index is -3.00. The van der Waals surface area contributed by atoms with Crippen LogP contribution in [-0.4, -0.2) is 61.3 Å². The number of oxazole rings is 1. The van der Waals surface area contributed by atoms with Gasteiger partial charge < -0.3 is 34.6 Å². The number of halogens is 2. The summed E-state index contributed by atoms with van der Waals surface area (Å²) in [6.07, 6.45) is 2.05. The summed E-state index contributed by atoms with van der Waals surface area (Å²) in [5, 5.41) is 2.68. The van der Waals surface area contributed by atoms with Crippen molar-refractivity contribution in [1.29, 1.82) is 0 Å². The van der Waals surface area contributed by atoms with Crippen molar-refractivity contribution in [2.45, 2.75) is 44.9 Å². The second-order valence-electron chi connectivity index (χ2n) is 8.69. The van der Waals surface area contributed by atoms with E-state index in [4.69, 9.17) is 14.9 Å². The Hall–Kier alpha value is -3.41. The maximum absolute atomic E-state index is 13.2. The zero-order chi connectivity index (χ0) is 25.1. The Morgan fingerprint density at radius 3 is 2.71 bits per heavy atom. The molecule has 2 atom stereocenters. The molecule has 1 aliphatic heterocycles. The number of rotatable bonds is 9. The maximum atomic E-state index is 13.2. The van der Waals surface area contributed by atoms with Crippen molar-refractivity contribution < 1.29 is 37.0 Å². The summed E-state index contributed by atoms with van der Waals surface area (Å²) < 4.78 is 46.4. The van der Waals surface area contributed by atoms with Gasteiger partial charge in [0.15, 0.2) is 23.0 Å². The van der Waals surface area contributed by atoms with E-state index >= 15 is 0 Å². The topological polar surface area (TPSA) is 129 Å². The molecule has 190 valence electrons. The van der Waals surface area contributed by atoms with E-state index in [0.717, 1.165) is 12.8 Å². The molecule has 0 radical (unpaired) electrons. The van der Waals surface area contributed by atoms with Crippen LogP contribution >= 0.6 is 0 Å². The Balaban J connectivity index is 1.57. The molecule has 2 fully saturated rings. The second-order valence-corrected chi connectivity index (χ2v) is 8.69. The van der Waals surface area contributed by atoms with Crippen LogP contribution in [0.25, 0.3) is 11.5 Å². The number of hydrogen-bond donors (Lipinski definition) is 2. The lowest BCUT2D eigenvalue weighted by Crippen LogP contribution is -2.38. The largest absolute Gasteiger partial charge is 0.489 e. The van der Waals surface area contributed by atoms with Crippen molar-refractivity contribution in [1.82, 2.24) is 15.2 Å². The van der Waals surface area contributed by atoms with Crippen molar-refractivity contribution in [3.63, 3.8) is 0 Å². The lowest BCUT2D eigenvalue weighted by molar-refractivity contribution is -0.0515. The third-order valence-electron chi connectivity index (χ3n) is 5.83. The number of ether oxygens (including phenoxy) is 3. The number of nitrogens with zero attached hydrogens (tertiary/aromatic N) is 2. The van der Waals surface area contributed by atoms with Crippen molar-refractivity contribution >= 4 is 12.0 Å². The zero-order valence-electron chi connectivity index (χ0n) is 19.5. The van der Waals surface area contributed by atoms with E-state index in [-0.39, 0.29) is 47.3 Å². The number of nitrogens with two attached hydrogens (primary N) is 1. The predicted octanol–water partition coefficient (Wildman–Crippen LogP) is 3.32. The first-order valence-corrected chi connectivity index (χ1v) is 11.4. The number of carbonyl (C=O) groups excluding carboxylic acids is 2. The van der Waals surface area contributed by atoms with Crippen LogP contribution in [0, 0.1) is 5.92 Å². The quantitative estimate of drug-likeness (QED) is 0.543. The van der Waals surface area contributed by atoms with Crippen molar-refractivity contribution in [3.8, 4) is 23.0 Å². The van der Waals surface area contributed by atoms with E-state index in [2.05, 4.69) is 19.8 Å². The molecule has 1 aromatic heterocycles. The highest BCUT2D eigenvalue weighted by Gasteiger charge is 2.33. The molecule has 1 aliphatic carbocycles. The van der Waals surface area contributed by atoms with Crippen LogP contribution in [0.15, 0.2) is 22.6 Å². The Morgan fingerprint density at radius 2 is 2.06 bits per heavy atom. The van der Waals surface area contributed by atoms with Crippen LogP contribution in [0.2, 0.25) is 0 Å². The van der Waals surface area contributed by atoms with Gasteiger partial charge in [-0.1, -0.05) is 0 Å². The van der Waals surface area contributed by atoms with Gasteiger partial charge in [0.2, 0.25) is 5.89 Å². The lowest BCUT2D eigenvalue weighted by atomic mass is 10.2. The first kappa shape index (κ1) is 24.7. The Bertz CT molecular complexity index is 1070. The molecule has 10 nitrogen and oxygen atoms in total. The number of carbonyl (C=O) groups is 2. The Morgan fingerprint density at radius 1 is 1.29 bits per heavy atom. The predicted molar refractivity (Wildman–Crippen MR) is 119 cm³/mol. The molecule has 0 spiro atoms. The molecular weight excluding hydrogens is 466 g/mol. The number of alkyl carbamates (subject to hydrolysis) is 1. The Kier molecular flexibility index (Phi) is 7.39. The fourth-order valence-corrected chi connectivity index (χ4v) is 3.79. The maximum Gasteiger partial charge on any atom is 0.407 e. The van der Waals surface area contributed by atoms with E-state index in [1.807, 2.05) is 0 Å². The van der Waals surface area contributed by atoms with Gasteiger partial charge in [0.05, 0.1) is 25.8 Å². The van der Waals surface area contributed by atoms with Crippen molar-refractivity contribution in [3.05, 3.63) is 29.7 Å². The minimum absolute atomic E-state index is 0.0575. The van der Waals surface area contributed by atoms with E-state index < -0.39 is 18.7 Å². The van der Waals surface area contributed by atoms with Gasteiger partial charge in [-0.3, -0.25) is 4.79 Å². The molecule has 12 heteroatoms. The van der Waals surface area contributed by atoms with Gasteiger partial charge in [-0.15, -0.1) is 0 Å². The molecule has 2 amide bonds. The van der Waals surface area contributed by atoms with Gasteiger partial charge in [-0.05, 0) is 50.3 Å². The molecule has 1 saturated heterocycles. The van der Waals surface area contributed by atoms with Gasteiger partial charge in [0.25, 0.3) is 5.91 Å². The molecule has 1 unspecified atom stereocenters. The van der Waals surface area contributed by atoms with Gasteiger partial charge in [-0.25, -0.2) is 9.78 Å². The van der Waals surface area contributed by atoms with E-state index in [0.29, 0.717) is 31.1 Å². The van der Waals surface area contributed by atoms with Gasteiger partial charge in [0.1, 0.15) is 0 Å². The fourth-order valence-electron chi connectivity index (χ4n) is 3.79. The standard InChI is InChI=1S/C23H28F2N4O6/c1-12(26)19-18(21(30)29-8-7-15(10-29)27-23(31)32-2)28-20(35-19)14-5-6-16(34-22(24)25)17(9-14)33-11-13-3-4-13/h5-6,9,12-13,15,22H,3-4,7-8,10-11,26H2,1-2H3,(H,27,31)/t12-,15?/m0/s1. The number of hydrogen-bond acceptors (Lipinski definition) is 8. The number of benzene rings is 1. The number of methoxy groups -OCH3 is 1. The third kappa shape index (κ3) is 5.99. The molecule has 0 bridgehead atoms. The first-order valence-electron chi connectivity index (χ1n) is 11.4. The third-order valence-corrected chi connectivity index (χ3v) is 5.83. The molecular formula is C23H28F2N4O6. The number of alkyl halides is 2. The highest BCUT2D eigenvalue weighted by atomic mass is 19.3. The summed E-state index contributed by atoms with van der Waals surface area (Å²) >= 11 is 0. The van der Waals surface area contributed by atoms with Crippen LogP contribution in [0.1, 0.15) is 48.5 Å². The molecule has 1 aromatic carbocycles. The average molecular weight is 494 g/mol. The van der Waals surface area contributed by atoms with Crippen molar-refractivity contribution in [2.75, 3.05) is 26.8 Å². The monoisotopic (exact) mass is 494 g/mol. The van der Waals surface area contributed by atoms with Crippen LogP contribution in [0.4, 0.5) is 13.6 Å². The van der Waals surface area contributed by atoms with Crippen molar-refractivity contribution in [2.24, 2.45) is 11.7 Å². The fraction of sp³-hybridized carbons (Fsp3) is 0.522. The molecule has 35 heavy (non-hydrogen) atoms. The number of likely N-dealkylation sites (tertiary alicyclic amines) is 1. The summed E-state index contributed by atoms with van der Waals surface area (Å²) in [5.41, 5.74) is 6.52. The summed E-state index contributed by atoms with van der Waals surface area (Å²) in [6.45, 7) is -0.256. The zero-order valence-corrected chi connectivity index (χ0v) is 19.5. The first-order chi connectivity index (χ1) is 16.7. The highest BCUT2D eigenvalue weighted by Crippen LogP contribution is 2.37. The minimum Gasteiger partial charge on any atom is -0.489 e. The second kappa shape index (κ2) is 10.5. The van der Waals surface area contributed by atoms with Gasteiger partial charge >= 0.3 is 12.7 Å². The van der Waals surface area contributed by atoms with Gasteiger partial charge in [-0.2, -0.15) is 8.78 Å².